The van der Waals surface area contributed by atoms with Gasteiger partial charge in [0.05, 0.1) is 5.57 Å². The summed E-state index contributed by atoms with van der Waals surface area (Å²) in [6, 6.07) is 14.1. The Labute approximate surface area is 167 Å². The molecule has 1 aliphatic rings. The van der Waals surface area contributed by atoms with E-state index in [2.05, 4.69) is 17.4 Å². The van der Waals surface area contributed by atoms with Crippen LogP contribution in [-0.2, 0) is 24.2 Å². The van der Waals surface area contributed by atoms with Gasteiger partial charge in [-0.05, 0) is 73.6 Å². The summed E-state index contributed by atoms with van der Waals surface area (Å²) in [4.78, 5) is 12.3. The molecule has 2 aromatic carbocycles. The Hall–Kier alpha value is -3.01. The van der Waals surface area contributed by atoms with Gasteiger partial charge >= 0.3 is 0 Å². The maximum Gasteiger partial charge on any atom is 0.253 e. The molecule has 28 heavy (non-hydrogen) atoms. The van der Waals surface area contributed by atoms with Crippen LogP contribution >= 0.6 is 0 Å². The zero-order chi connectivity index (χ0) is 19.9. The minimum atomic E-state index is -0.164. The van der Waals surface area contributed by atoms with Crippen LogP contribution in [0.25, 0.3) is 0 Å². The third kappa shape index (κ3) is 5.03. The Morgan fingerprint density at radius 1 is 1.11 bits per heavy atom. The molecule has 146 valence electrons. The minimum absolute atomic E-state index is 0.164. The summed E-state index contributed by atoms with van der Waals surface area (Å²) in [6.07, 6.45) is 8.10. The summed E-state index contributed by atoms with van der Waals surface area (Å²) < 4.78 is 5.98. The monoisotopic (exact) mass is 376 g/mol. The second-order valence-electron chi connectivity index (χ2n) is 7.12. The average molecular weight is 377 g/mol. The van der Waals surface area contributed by atoms with Gasteiger partial charge in [-0.15, -0.1) is 0 Å². The largest absolute Gasteiger partial charge is 0.457 e. The number of aryl methyl sites for hydroxylation is 2. The van der Waals surface area contributed by atoms with Crippen molar-refractivity contribution in [2.75, 3.05) is 0 Å². The molecule has 1 aliphatic carbocycles. The van der Waals surface area contributed by atoms with Gasteiger partial charge < -0.3 is 15.8 Å². The third-order valence-electron chi connectivity index (χ3n) is 4.87. The molecular weight excluding hydrogens is 348 g/mol. The van der Waals surface area contributed by atoms with Crippen LogP contribution in [0.3, 0.4) is 0 Å². The molecule has 3 rings (SSSR count). The molecular formula is C24H28N2O2. The van der Waals surface area contributed by atoms with Crippen LogP contribution in [0.5, 0.6) is 11.5 Å². The molecule has 3 N–H and O–H groups in total. The summed E-state index contributed by atoms with van der Waals surface area (Å²) in [5.41, 5.74) is 10.7. The molecule has 2 aromatic rings. The fourth-order valence-corrected chi connectivity index (χ4v) is 3.32. The van der Waals surface area contributed by atoms with Crippen molar-refractivity contribution in [3.8, 4) is 11.5 Å². The van der Waals surface area contributed by atoms with Crippen LogP contribution in [0.1, 0.15) is 43.4 Å². The maximum absolute atomic E-state index is 12.3. The fourth-order valence-electron chi connectivity index (χ4n) is 3.32. The number of carbonyl (C=O) groups is 1. The number of carbonyl (C=O) groups excluding carboxylic acids is 1. The normalized spacial score (nSPS) is 13.9. The highest BCUT2D eigenvalue weighted by Gasteiger charge is 2.12. The highest BCUT2D eigenvalue weighted by atomic mass is 16.5. The molecule has 0 atom stereocenters. The Bertz CT molecular complexity index is 891. The van der Waals surface area contributed by atoms with Crippen molar-refractivity contribution < 1.29 is 9.53 Å². The number of rotatable bonds is 7. The number of amides is 1. The minimum Gasteiger partial charge on any atom is -0.457 e. The van der Waals surface area contributed by atoms with Crippen molar-refractivity contribution in [2.24, 2.45) is 5.73 Å². The maximum atomic E-state index is 12.3. The van der Waals surface area contributed by atoms with Crippen LogP contribution in [0, 0.1) is 0 Å². The Morgan fingerprint density at radius 2 is 1.82 bits per heavy atom. The van der Waals surface area contributed by atoms with Gasteiger partial charge in [-0.2, -0.15) is 0 Å². The van der Waals surface area contributed by atoms with Crippen molar-refractivity contribution in [1.29, 1.82) is 0 Å². The Kier molecular flexibility index (Phi) is 6.53. The van der Waals surface area contributed by atoms with Gasteiger partial charge in [0.25, 0.3) is 5.91 Å². The number of ether oxygens (including phenoxy) is 1. The number of allylic oxidation sites excluding steroid dienone is 2. The van der Waals surface area contributed by atoms with Crippen molar-refractivity contribution in [3.63, 3.8) is 0 Å². The molecule has 0 radical (unpaired) electrons. The fraction of sp³-hybridized carbons (Fsp3) is 0.292. The second-order valence-corrected chi connectivity index (χ2v) is 7.12. The van der Waals surface area contributed by atoms with Crippen LogP contribution < -0.4 is 15.8 Å². The summed E-state index contributed by atoms with van der Waals surface area (Å²) in [5.74, 6) is 1.50. The van der Waals surface area contributed by atoms with Crippen LogP contribution in [0.15, 0.2) is 65.9 Å². The first-order valence-corrected chi connectivity index (χ1v) is 9.86. The van der Waals surface area contributed by atoms with Gasteiger partial charge in [0.1, 0.15) is 11.5 Å². The number of nitrogens with one attached hydrogen (secondary N) is 1. The average Bonchev–Trinajstić information content (AvgIpc) is 3.15. The first kappa shape index (κ1) is 19.7. The summed E-state index contributed by atoms with van der Waals surface area (Å²) in [5, 5.41) is 2.92. The molecule has 0 fully saturated rings. The lowest BCUT2D eigenvalue weighted by Crippen LogP contribution is -2.25. The SMILES string of the molecule is CC/C=C\C(C(=O)NCc1ccc(Oc2ccc3c(c2)CCC3)cc1)=C(/C)N. The highest BCUT2D eigenvalue weighted by Crippen LogP contribution is 2.29. The zero-order valence-corrected chi connectivity index (χ0v) is 16.6. The number of benzene rings is 2. The van der Waals surface area contributed by atoms with E-state index in [-0.39, 0.29) is 5.91 Å². The molecule has 0 spiro atoms. The summed E-state index contributed by atoms with van der Waals surface area (Å²) in [7, 11) is 0. The van der Waals surface area contributed by atoms with E-state index in [9.17, 15) is 4.79 Å². The van der Waals surface area contributed by atoms with Crippen molar-refractivity contribution in [1.82, 2.24) is 5.32 Å². The number of hydrogen-bond donors (Lipinski definition) is 2. The van der Waals surface area contributed by atoms with E-state index in [1.165, 1.54) is 24.0 Å². The van der Waals surface area contributed by atoms with E-state index in [0.717, 1.165) is 29.9 Å². The van der Waals surface area contributed by atoms with E-state index >= 15 is 0 Å². The third-order valence-corrected chi connectivity index (χ3v) is 4.87. The Morgan fingerprint density at radius 3 is 2.54 bits per heavy atom. The van der Waals surface area contributed by atoms with Crippen molar-refractivity contribution >= 4 is 5.91 Å². The summed E-state index contributed by atoms with van der Waals surface area (Å²) in [6.45, 7) is 4.19. The summed E-state index contributed by atoms with van der Waals surface area (Å²) >= 11 is 0. The van der Waals surface area contributed by atoms with E-state index in [1.54, 1.807) is 13.0 Å². The lowest BCUT2D eigenvalue weighted by Gasteiger charge is -2.10. The molecule has 0 aromatic heterocycles. The first-order valence-electron chi connectivity index (χ1n) is 9.86. The van der Waals surface area contributed by atoms with E-state index < -0.39 is 0 Å². The van der Waals surface area contributed by atoms with Gasteiger partial charge in [-0.3, -0.25) is 4.79 Å². The molecule has 4 nitrogen and oxygen atoms in total. The van der Waals surface area contributed by atoms with Gasteiger partial charge in [0.15, 0.2) is 0 Å². The topological polar surface area (TPSA) is 64.3 Å². The number of hydrogen-bond acceptors (Lipinski definition) is 3. The Balaban J connectivity index is 1.58. The van der Waals surface area contributed by atoms with Crippen LogP contribution in [-0.4, -0.2) is 5.91 Å². The molecule has 0 unspecified atom stereocenters. The molecule has 0 saturated heterocycles. The lowest BCUT2D eigenvalue weighted by atomic mass is 10.1. The smallest absolute Gasteiger partial charge is 0.253 e. The van der Waals surface area contributed by atoms with Gasteiger partial charge in [0.2, 0.25) is 0 Å². The first-order chi connectivity index (χ1) is 13.6. The molecule has 0 heterocycles. The zero-order valence-electron chi connectivity index (χ0n) is 16.6. The molecule has 1 amide bonds. The lowest BCUT2D eigenvalue weighted by molar-refractivity contribution is -0.117. The van der Waals surface area contributed by atoms with E-state index in [1.807, 2.05) is 43.3 Å². The van der Waals surface area contributed by atoms with E-state index in [4.69, 9.17) is 10.5 Å². The molecule has 0 aliphatic heterocycles. The standard InChI is InChI=1S/C24H28N2O2/c1-3-4-8-23(17(2)25)24(27)26-16-18-9-12-21(13-10-18)28-22-14-11-19-6-5-7-20(19)15-22/h4,8-15H,3,5-7,16,25H2,1-2H3,(H,26,27)/b8-4-,23-17-. The van der Waals surface area contributed by atoms with Crippen molar-refractivity contribution in [3.05, 3.63) is 82.6 Å². The highest BCUT2D eigenvalue weighted by molar-refractivity contribution is 5.96. The van der Waals surface area contributed by atoms with Gasteiger partial charge in [-0.1, -0.05) is 37.3 Å². The van der Waals surface area contributed by atoms with Crippen molar-refractivity contribution in [2.45, 2.75) is 46.1 Å². The predicted octanol–water partition coefficient (Wildman–Crippen LogP) is 4.78. The molecule has 0 bridgehead atoms. The number of nitrogens with two attached hydrogens (primary N) is 1. The van der Waals surface area contributed by atoms with Gasteiger partial charge in [-0.25, -0.2) is 0 Å². The quantitative estimate of drug-likeness (QED) is 0.540. The second kappa shape index (κ2) is 9.27. The molecule has 4 heteroatoms. The van der Waals surface area contributed by atoms with Gasteiger partial charge in [0, 0.05) is 12.2 Å². The number of fused-ring (bicyclic) bond motifs is 1. The van der Waals surface area contributed by atoms with Crippen LogP contribution in [0.2, 0.25) is 0 Å². The van der Waals surface area contributed by atoms with Crippen LogP contribution in [0.4, 0.5) is 0 Å². The molecule has 0 saturated carbocycles. The van der Waals surface area contributed by atoms with E-state index in [0.29, 0.717) is 17.8 Å². The predicted molar refractivity (Wildman–Crippen MR) is 113 cm³/mol.